The molecule has 0 bridgehead atoms. The second kappa shape index (κ2) is 8.39. The number of aryl methyl sites for hydroxylation is 2. The van der Waals surface area contributed by atoms with E-state index in [-0.39, 0.29) is 0 Å². The maximum Gasteiger partial charge on any atom is 0.242 e. The Morgan fingerprint density at radius 3 is 2.07 bits per heavy atom. The third-order valence-electron chi connectivity index (χ3n) is 4.26. The molecule has 29 heavy (non-hydrogen) atoms. The number of ether oxygens (including phenoxy) is 2. The van der Waals surface area contributed by atoms with E-state index in [1.165, 1.54) is 13.8 Å². The van der Waals surface area contributed by atoms with Crippen molar-refractivity contribution in [2.45, 2.75) is 40.0 Å². The van der Waals surface area contributed by atoms with Crippen LogP contribution in [0.4, 0.5) is 10.1 Å². The van der Waals surface area contributed by atoms with E-state index in [9.17, 15) is 9.30 Å². The lowest BCUT2D eigenvalue weighted by Gasteiger charge is -2.17. The Morgan fingerprint density at radius 1 is 0.966 bits per heavy atom. The third kappa shape index (κ3) is 5.60. The number of benzene rings is 2. The van der Waals surface area contributed by atoms with E-state index >= 15 is 0 Å². The average molecular weight is 394 g/mol. The number of nitroso groups, excluding NO2 is 1. The van der Waals surface area contributed by atoms with Crippen LogP contribution in [0.5, 0.6) is 17.2 Å². The first-order chi connectivity index (χ1) is 13.7. The van der Waals surface area contributed by atoms with Gasteiger partial charge in [0, 0.05) is 37.2 Å². The van der Waals surface area contributed by atoms with Gasteiger partial charge in [-0.05, 0) is 67.1 Å². The van der Waals surface area contributed by atoms with E-state index in [2.05, 4.69) is 10.2 Å². The summed E-state index contributed by atoms with van der Waals surface area (Å²) in [6.07, 6.45) is 0.561. The van der Waals surface area contributed by atoms with E-state index in [0.29, 0.717) is 29.4 Å². The smallest absolute Gasteiger partial charge is 0.242 e. The summed E-state index contributed by atoms with van der Waals surface area (Å²) in [6.45, 7) is 6.42. The quantitative estimate of drug-likeness (QED) is 0.426. The molecule has 0 fully saturated rings. The third-order valence-corrected chi connectivity index (χ3v) is 4.26. The molecular weight excluding hydrogens is 371 g/mol. The summed E-state index contributed by atoms with van der Waals surface area (Å²) in [5.74, 6) is -0.0154. The lowest BCUT2D eigenvalue weighted by molar-refractivity contribution is -0.0257. The molecule has 0 amide bonds. The largest absolute Gasteiger partial charge is 0.459 e. The molecule has 0 N–H and O–H groups in total. The van der Waals surface area contributed by atoms with Gasteiger partial charge in [0.25, 0.3) is 0 Å². The van der Waals surface area contributed by atoms with E-state index in [1.54, 1.807) is 30.3 Å². The second-order valence-electron chi connectivity index (χ2n) is 7.30. The molecule has 5 nitrogen and oxygen atoms in total. The standard InChI is InChI=1S/C23H23FN2O3/c1-15-13-22(26-27)21(16(2)25-15)14-17-5-7-18(8-6-17)28-19-9-11-20(12-10-19)29-23(3,4)24/h5-13H,14H2,1-4H3. The molecule has 1 aromatic heterocycles. The summed E-state index contributed by atoms with van der Waals surface area (Å²) in [6, 6.07) is 16.0. The highest BCUT2D eigenvalue weighted by molar-refractivity contribution is 5.51. The molecule has 0 unspecified atom stereocenters. The lowest BCUT2D eigenvalue weighted by atomic mass is 10.0. The summed E-state index contributed by atoms with van der Waals surface area (Å²) in [5.41, 5.74) is 3.85. The first-order valence-corrected chi connectivity index (χ1v) is 9.29. The zero-order valence-corrected chi connectivity index (χ0v) is 16.9. The van der Waals surface area contributed by atoms with Crippen molar-refractivity contribution in [3.05, 3.63) is 82.0 Å². The fraction of sp³-hybridized carbons (Fsp3) is 0.261. The van der Waals surface area contributed by atoms with E-state index in [0.717, 1.165) is 22.5 Å². The molecule has 150 valence electrons. The molecule has 2 aromatic carbocycles. The molecule has 0 saturated heterocycles. The predicted molar refractivity (Wildman–Crippen MR) is 111 cm³/mol. The van der Waals surface area contributed by atoms with Crippen LogP contribution < -0.4 is 9.47 Å². The summed E-state index contributed by atoms with van der Waals surface area (Å²) in [7, 11) is 0. The molecule has 3 aromatic rings. The number of aromatic nitrogens is 1. The van der Waals surface area contributed by atoms with Gasteiger partial charge >= 0.3 is 0 Å². The minimum absolute atomic E-state index is 0.425. The van der Waals surface area contributed by atoms with Crippen molar-refractivity contribution in [1.82, 2.24) is 4.98 Å². The van der Waals surface area contributed by atoms with E-state index < -0.39 is 5.85 Å². The minimum Gasteiger partial charge on any atom is -0.459 e. The molecule has 1 heterocycles. The van der Waals surface area contributed by atoms with Crippen LogP contribution in [0.2, 0.25) is 0 Å². The van der Waals surface area contributed by atoms with Crippen molar-refractivity contribution in [2.24, 2.45) is 5.18 Å². The van der Waals surface area contributed by atoms with Gasteiger partial charge in [-0.15, -0.1) is 4.91 Å². The number of hydrogen-bond acceptors (Lipinski definition) is 5. The Bertz CT molecular complexity index is 994. The highest BCUT2D eigenvalue weighted by atomic mass is 19.2. The summed E-state index contributed by atoms with van der Waals surface area (Å²) in [5, 5.41) is 3.14. The van der Waals surface area contributed by atoms with Crippen LogP contribution in [-0.2, 0) is 6.42 Å². The molecule has 0 saturated carbocycles. The van der Waals surface area contributed by atoms with E-state index in [1.807, 2.05) is 38.1 Å². The van der Waals surface area contributed by atoms with Gasteiger partial charge in [-0.25, -0.2) is 0 Å². The molecule has 0 aliphatic carbocycles. The number of alkyl halides is 1. The maximum absolute atomic E-state index is 13.5. The van der Waals surface area contributed by atoms with Crippen LogP contribution in [0, 0.1) is 18.8 Å². The Morgan fingerprint density at radius 2 is 1.52 bits per heavy atom. The zero-order chi connectivity index (χ0) is 21.0. The number of rotatable bonds is 7. The van der Waals surface area contributed by atoms with Gasteiger partial charge in [-0.1, -0.05) is 12.1 Å². The van der Waals surface area contributed by atoms with E-state index in [4.69, 9.17) is 9.47 Å². The molecule has 0 aliphatic rings. The molecule has 6 heteroatoms. The van der Waals surface area contributed by atoms with Crippen LogP contribution in [0.1, 0.15) is 36.4 Å². The molecule has 3 rings (SSSR count). The van der Waals surface area contributed by atoms with Crippen molar-refractivity contribution >= 4 is 5.69 Å². The Hall–Kier alpha value is -3.28. The lowest BCUT2D eigenvalue weighted by Crippen LogP contribution is -2.20. The minimum atomic E-state index is -1.73. The number of pyridine rings is 1. The van der Waals surface area contributed by atoms with Crippen LogP contribution in [0.15, 0.2) is 59.8 Å². The first kappa shape index (κ1) is 20.5. The van der Waals surface area contributed by atoms with Crippen LogP contribution in [0.3, 0.4) is 0 Å². The Labute approximate surface area is 169 Å². The average Bonchev–Trinajstić information content (AvgIpc) is 2.65. The maximum atomic E-state index is 13.5. The van der Waals surface area contributed by atoms with Crippen LogP contribution in [0.25, 0.3) is 0 Å². The molecule has 0 radical (unpaired) electrons. The summed E-state index contributed by atoms with van der Waals surface area (Å²) in [4.78, 5) is 15.6. The number of nitrogens with zero attached hydrogens (tertiary/aromatic N) is 2. The summed E-state index contributed by atoms with van der Waals surface area (Å²) < 4.78 is 24.5. The van der Waals surface area contributed by atoms with Crippen molar-refractivity contribution in [3.8, 4) is 17.2 Å². The van der Waals surface area contributed by atoms with Gasteiger partial charge in [0.1, 0.15) is 22.9 Å². The van der Waals surface area contributed by atoms with Gasteiger partial charge in [-0.3, -0.25) is 4.98 Å². The molecular formula is C23H23FN2O3. The van der Waals surface area contributed by atoms with Crippen molar-refractivity contribution in [3.63, 3.8) is 0 Å². The van der Waals surface area contributed by atoms with Crippen molar-refractivity contribution < 1.29 is 13.9 Å². The zero-order valence-electron chi connectivity index (χ0n) is 16.9. The van der Waals surface area contributed by atoms with Gasteiger partial charge in [-0.2, -0.15) is 4.39 Å². The highest BCUT2D eigenvalue weighted by Crippen LogP contribution is 2.28. The topological polar surface area (TPSA) is 60.8 Å². The normalized spacial score (nSPS) is 11.2. The molecule has 0 atom stereocenters. The molecule has 0 spiro atoms. The first-order valence-electron chi connectivity index (χ1n) is 9.29. The van der Waals surface area contributed by atoms with Gasteiger partial charge in [0.15, 0.2) is 0 Å². The number of halogens is 1. The SMILES string of the molecule is Cc1cc(N=O)c(Cc2ccc(Oc3ccc(OC(C)(C)F)cc3)cc2)c(C)n1. The van der Waals surface area contributed by atoms with Crippen LogP contribution in [-0.4, -0.2) is 10.8 Å². The highest BCUT2D eigenvalue weighted by Gasteiger charge is 2.16. The van der Waals surface area contributed by atoms with Gasteiger partial charge < -0.3 is 9.47 Å². The number of hydrogen-bond donors (Lipinski definition) is 0. The fourth-order valence-corrected chi connectivity index (χ4v) is 3.01. The predicted octanol–water partition coefficient (Wildman–Crippen LogP) is 6.56. The Kier molecular flexibility index (Phi) is 5.92. The van der Waals surface area contributed by atoms with Gasteiger partial charge in [0.05, 0.1) is 0 Å². The second-order valence-corrected chi connectivity index (χ2v) is 7.30. The molecule has 0 aliphatic heterocycles. The van der Waals surface area contributed by atoms with Crippen LogP contribution >= 0.6 is 0 Å². The van der Waals surface area contributed by atoms with Crippen molar-refractivity contribution in [1.29, 1.82) is 0 Å². The Balaban J connectivity index is 1.69. The summed E-state index contributed by atoms with van der Waals surface area (Å²) >= 11 is 0. The monoisotopic (exact) mass is 394 g/mol. The van der Waals surface area contributed by atoms with Gasteiger partial charge in [0.2, 0.25) is 5.85 Å². The van der Waals surface area contributed by atoms with Crippen molar-refractivity contribution in [2.75, 3.05) is 0 Å². The fourth-order valence-electron chi connectivity index (χ4n) is 3.01.